The Morgan fingerprint density at radius 3 is 2.74 bits per heavy atom. The van der Waals surface area contributed by atoms with Crippen LogP contribution < -0.4 is 4.90 Å². The Labute approximate surface area is 157 Å². The van der Waals surface area contributed by atoms with Crippen molar-refractivity contribution in [3.63, 3.8) is 0 Å². The molecule has 2 heterocycles. The Balaban J connectivity index is 1.68. The number of para-hydroxylation sites is 1. The molecule has 6 heteroatoms. The summed E-state index contributed by atoms with van der Waals surface area (Å²) in [6, 6.07) is 11.0. The highest BCUT2D eigenvalue weighted by Gasteiger charge is 2.53. The third-order valence-electron chi connectivity index (χ3n) is 5.79. The number of fused-ring (bicyclic) bond motifs is 3. The largest absolute Gasteiger partial charge is 0.395 e. The van der Waals surface area contributed by atoms with Gasteiger partial charge < -0.3 is 10.0 Å². The highest BCUT2D eigenvalue weighted by atomic mass is 19.1. The number of hydrogen-bond donors (Lipinski definition) is 1. The minimum Gasteiger partial charge on any atom is -0.395 e. The molecule has 2 aromatic rings. The zero-order valence-electron chi connectivity index (χ0n) is 15.1. The first-order valence-electron chi connectivity index (χ1n) is 9.25. The van der Waals surface area contributed by atoms with Gasteiger partial charge in [0.1, 0.15) is 11.6 Å². The van der Waals surface area contributed by atoms with Crippen LogP contribution >= 0.6 is 0 Å². The summed E-state index contributed by atoms with van der Waals surface area (Å²) in [6.07, 6.45) is 0.397. The van der Waals surface area contributed by atoms with Crippen molar-refractivity contribution in [1.29, 1.82) is 0 Å². The average Bonchev–Trinajstić information content (AvgIpc) is 2.68. The first-order valence-corrected chi connectivity index (χ1v) is 9.25. The van der Waals surface area contributed by atoms with Gasteiger partial charge in [0.25, 0.3) is 0 Å². The van der Waals surface area contributed by atoms with Gasteiger partial charge in [0, 0.05) is 48.8 Å². The van der Waals surface area contributed by atoms with E-state index in [0.29, 0.717) is 13.0 Å². The van der Waals surface area contributed by atoms with Crippen molar-refractivity contribution < 1.29 is 18.7 Å². The number of nitrogens with zero attached hydrogens (tertiary/aromatic N) is 2. The number of halogens is 2. The quantitative estimate of drug-likeness (QED) is 0.897. The van der Waals surface area contributed by atoms with Gasteiger partial charge in [0.2, 0.25) is 5.91 Å². The molecule has 27 heavy (non-hydrogen) atoms. The van der Waals surface area contributed by atoms with Gasteiger partial charge in [-0.3, -0.25) is 9.69 Å². The van der Waals surface area contributed by atoms with Crippen LogP contribution in [0.5, 0.6) is 0 Å². The van der Waals surface area contributed by atoms with Crippen molar-refractivity contribution in [1.82, 2.24) is 4.90 Å². The van der Waals surface area contributed by atoms with Crippen molar-refractivity contribution in [3.05, 3.63) is 65.2 Å². The Hall–Kier alpha value is -2.31. The van der Waals surface area contributed by atoms with Crippen molar-refractivity contribution in [2.24, 2.45) is 0 Å². The molecule has 1 N–H and O–H groups in total. The highest BCUT2D eigenvalue weighted by Crippen LogP contribution is 2.48. The summed E-state index contributed by atoms with van der Waals surface area (Å²) in [6.45, 7) is 2.44. The topological polar surface area (TPSA) is 43.8 Å². The van der Waals surface area contributed by atoms with Gasteiger partial charge in [-0.15, -0.1) is 0 Å². The first kappa shape index (κ1) is 18.1. The Bertz CT molecular complexity index is 873. The summed E-state index contributed by atoms with van der Waals surface area (Å²) >= 11 is 0. The first-order chi connectivity index (χ1) is 13.0. The molecule has 1 saturated heterocycles. The lowest BCUT2D eigenvalue weighted by atomic mass is 9.71. The lowest BCUT2D eigenvalue weighted by molar-refractivity contribution is -0.119. The fourth-order valence-corrected chi connectivity index (χ4v) is 4.49. The highest BCUT2D eigenvalue weighted by molar-refractivity contribution is 5.95. The molecule has 4 nitrogen and oxygen atoms in total. The van der Waals surface area contributed by atoms with Crippen LogP contribution in [0.15, 0.2) is 42.5 Å². The molecule has 0 spiro atoms. The molecule has 2 aliphatic rings. The van der Waals surface area contributed by atoms with E-state index in [4.69, 9.17) is 0 Å². The minimum atomic E-state index is -0.485. The fourth-order valence-electron chi connectivity index (χ4n) is 4.49. The number of likely N-dealkylation sites (tertiary alicyclic amines) is 1. The second-order valence-corrected chi connectivity index (χ2v) is 7.17. The number of aliphatic hydroxyl groups excluding tert-OH is 1. The monoisotopic (exact) mass is 372 g/mol. The van der Waals surface area contributed by atoms with Gasteiger partial charge in [0.15, 0.2) is 0 Å². The fraction of sp³-hybridized carbons (Fsp3) is 0.381. The van der Waals surface area contributed by atoms with E-state index in [2.05, 4.69) is 0 Å². The Morgan fingerprint density at radius 1 is 1.22 bits per heavy atom. The van der Waals surface area contributed by atoms with Crippen LogP contribution in [0.3, 0.4) is 0 Å². The molecular weight excluding hydrogens is 350 g/mol. The summed E-state index contributed by atoms with van der Waals surface area (Å²) in [5, 5.41) is 9.95. The molecule has 142 valence electrons. The zero-order valence-corrected chi connectivity index (χ0v) is 15.1. The van der Waals surface area contributed by atoms with Gasteiger partial charge in [-0.1, -0.05) is 25.1 Å². The van der Waals surface area contributed by atoms with Crippen molar-refractivity contribution in [2.45, 2.75) is 37.9 Å². The van der Waals surface area contributed by atoms with E-state index in [-0.39, 0.29) is 42.6 Å². The van der Waals surface area contributed by atoms with Crippen LogP contribution in [0, 0.1) is 11.6 Å². The third-order valence-corrected chi connectivity index (χ3v) is 5.79. The Morgan fingerprint density at radius 2 is 2.00 bits per heavy atom. The predicted molar refractivity (Wildman–Crippen MR) is 98.4 cm³/mol. The molecule has 2 aliphatic heterocycles. The number of carbonyl (C=O) groups excluding carboxylic acids is 1. The van der Waals surface area contributed by atoms with E-state index >= 15 is 0 Å². The van der Waals surface area contributed by atoms with E-state index in [1.807, 2.05) is 36.1 Å². The van der Waals surface area contributed by atoms with Gasteiger partial charge in [-0.05, 0) is 29.8 Å². The lowest BCUT2D eigenvalue weighted by Gasteiger charge is -2.59. The normalized spacial score (nSPS) is 24.1. The molecule has 1 amide bonds. The lowest BCUT2D eigenvalue weighted by Crippen LogP contribution is -2.68. The smallest absolute Gasteiger partial charge is 0.226 e. The number of aliphatic hydroxyl groups is 1. The van der Waals surface area contributed by atoms with Crippen LogP contribution in [0.4, 0.5) is 14.5 Å². The predicted octanol–water partition coefficient (Wildman–Crippen LogP) is 3.05. The summed E-state index contributed by atoms with van der Waals surface area (Å²) in [5.41, 5.74) is 2.19. The van der Waals surface area contributed by atoms with E-state index in [0.717, 1.165) is 23.4 Å². The van der Waals surface area contributed by atoms with Gasteiger partial charge in [0.05, 0.1) is 6.61 Å². The summed E-state index contributed by atoms with van der Waals surface area (Å²) < 4.78 is 27.7. The van der Waals surface area contributed by atoms with Gasteiger partial charge >= 0.3 is 0 Å². The summed E-state index contributed by atoms with van der Waals surface area (Å²) in [7, 11) is 0. The summed E-state index contributed by atoms with van der Waals surface area (Å²) in [4.78, 5) is 16.2. The van der Waals surface area contributed by atoms with Crippen molar-refractivity contribution >= 4 is 11.6 Å². The van der Waals surface area contributed by atoms with E-state index in [9.17, 15) is 18.7 Å². The zero-order chi connectivity index (χ0) is 19.1. The molecule has 2 aromatic carbocycles. The van der Waals surface area contributed by atoms with Crippen molar-refractivity contribution in [3.8, 4) is 0 Å². The molecule has 0 saturated carbocycles. The number of rotatable bonds is 4. The maximum Gasteiger partial charge on any atom is 0.226 e. The molecular formula is C21H22F2N2O2. The van der Waals surface area contributed by atoms with Gasteiger partial charge in [-0.2, -0.15) is 0 Å². The SMILES string of the molecule is CCC(=O)N1C[C@H]2[C@@H](c3ccccc31)[C@H](CO)N2Cc1cc(F)ccc1F. The number of hydrogen-bond acceptors (Lipinski definition) is 3. The minimum absolute atomic E-state index is 0.0322. The number of carbonyl (C=O) groups is 1. The van der Waals surface area contributed by atoms with Crippen LogP contribution in [0.1, 0.15) is 30.4 Å². The molecule has 4 rings (SSSR count). The third kappa shape index (κ3) is 2.93. The number of amides is 1. The van der Waals surface area contributed by atoms with E-state index in [1.54, 1.807) is 4.90 Å². The maximum atomic E-state index is 14.1. The standard InChI is InChI=1S/C21H22F2N2O2/c1-2-20(27)25-11-18-21(15-5-3-4-6-17(15)25)19(12-26)24(18)10-13-9-14(22)7-8-16(13)23/h3-9,18-19,21,26H,2,10-12H2,1H3/t18-,19-,21+/m0/s1. The van der Waals surface area contributed by atoms with Gasteiger partial charge in [-0.25, -0.2) is 8.78 Å². The number of benzene rings is 2. The maximum absolute atomic E-state index is 14.1. The molecule has 0 aromatic heterocycles. The van der Waals surface area contributed by atoms with Crippen molar-refractivity contribution in [2.75, 3.05) is 18.1 Å². The molecule has 0 bridgehead atoms. The average molecular weight is 372 g/mol. The Kier molecular flexibility index (Phi) is 4.70. The summed E-state index contributed by atoms with van der Waals surface area (Å²) in [5.74, 6) is -0.844. The number of anilines is 1. The van der Waals surface area contributed by atoms with Crippen LogP contribution in [0.25, 0.3) is 0 Å². The second-order valence-electron chi connectivity index (χ2n) is 7.17. The second kappa shape index (κ2) is 7.02. The van der Waals surface area contributed by atoms with E-state index in [1.165, 1.54) is 6.07 Å². The molecule has 3 atom stereocenters. The van der Waals surface area contributed by atoms with Crippen LogP contribution in [0.2, 0.25) is 0 Å². The molecule has 0 unspecified atom stereocenters. The molecule has 0 aliphatic carbocycles. The molecule has 0 radical (unpaired) electrons. The van der Waals surface area contributed by atoms with Crippen LogP contribution in [-0.2, 0) is 11.3 Å². The van der Waals surface area contributed by atoms with Crippen LogP contribution in [-0.4, -0.2) is 41.1 Å². The van der Waals surface area contributed by atoms with E-state index < -0.39 is 11.6 Å². The molecule has 1 fully saturated rings.